The summed E-state index contributed by atoms with van der Waals surface area (Å²) < 4.78 is 5.28. The summed E-state index contributed by atoms with van der Waals surface area (Å²) in [5, 5.41) is 0. The van der Waals surface area contributed by atoms with E-state index in [9.17, 15) is 0 Å². The maximum atomic E-state index is 5.66. The first-order valence-electron chi connectivity index (χ1n) is 5.72. The Morgan fingerprint density at radius 1 is 1.47 bits per heavy atom. The molecular weight excluding hydrogens is 186 g/mol. The lowest BCUT2D eigenvalue weighted by Crippen LogP contribution is -2.13. The SMILES string of the molecule is COc1ccc2c(c1)[C@H](CCN)CCC2. The Morgan fingerprint density at radius 3 is 3.07 bits per heavy atom. The molecular formula is C13H19NO. The molecule has 0 spiro atoms. The number of fused-ring (bicyclic) bond motifs is 1. The minimum Gasteiger partial charge on any atom is -0.497 e. The third kappa shape index (κ3) is 2.15. The average molecular weight is 205 g/mol. The van der Waals surface area contributed by atoms with Crippen LogP contribution in [-0.4, -0.2) is 13.7 Å². The van der Waals surface area contributed by atoms with Crippen molar-refractivity contribution in [1.29, 1.82) is 0 Å². The quantitative estimate of drug-likeness (QED) is 0.822. The minimum absolute atomic E-state index is 0.647. The van der Waals surface area contributed by atoms with E-state index >= 15 is 0 Å². The number of rotatable bonds is 3. The predicted octanol–water partition coefficient (Wildman–Crippen LogP) is 2.46. The van der Waals surface area contributed by atoms with E-state index in [2.05, 4.69) is 18.2 Å². The van der Waals surface area contributed by atoms with Crippen LogP contribution in [0.3, 0.4) is 0 Å². The molecule has 0 radical (unpaired) electrons. The van der Waals surface area contributed by atoms with Crippen molar-refractivity contribution in [3.63, 3.8) is 0 Å². The van der Waals surface area contributed by atoms with Crippen LogP contribution in [0.2, 0.25) is 0 Å². The molecule has 2 nitrogen and oxygen atoms in total. The number of methoxy groups -OCH3 is 1. The van der Waals surface area contributed by atoms with Crippen LogP contribution >= 0.6 is 0 Å². The van der Waals surface area contributed by atoms with Crippen LogP contribution in [0, 0.1) is 0 Å². The fourth-order valence-electron chi connectivity index (χ4n) is 2.50. The fourth-order valence-corrected chi connectivity index (χ4v) is 2.50. The highest BCUT2D eigenvalue weighted by atomic mass is 16.5. The van der Waals surface area contributed by atoms with Crippen molar-refractivity contribution in [2.24, 2.45) is 5.73 Å². The van der Waals surface area contributed by atoms with Gasteiger partial charge in [0.15, 0.2) is 0 Å². The molecule has 0 unspecified atom stereocenters. The van der Waals surface area contributed by atoms with Crippen LogP contribution < -0.4 is 10.5 Å². The first-order valence-corrected chi connectivity index (χ1v) is 5.72. The second-order valence-electron chi connectivity index (χ2n) is 4.23. The summed E-state index contributed by atoms with van der Waals surface area (Å²) >= 11 is 0. The Morgan fingerprint density at radius 2 is 2.33 bits per heavy atom. The molecule has 1 aromatic rings. The Bertz CT molecular complexity index is 335. The lowest BCUT2D eigenvalue weighted by Gasteiger charge is -2.25. The number of hydrogen-bond acceptors (Lipinski definition) is 2. The minimum atomic E-state index is 0.647. The highest BCUT2D eigenvalue weighted by molar-refractivity contribution is 5.39. The van der Waals surface area contributed by atoms with Crippen molar-refractivity contribution < 1.29 is 4.74 Å². The molecule has 1 aliphatic rings. The van der Waals surface area contributed by atoms with Crippen LogP contribution in [0.1, 0.15) is 36.3 Å². The van der Waals surface area contributed by atoms with Crippen molar-refractivity contribution in [2.75, 3.05) is 13.7 Å². The summed E-state index contributed by atoms with van der Waals surface area (Å²) in [5.74, 6) is 1.62. The molecule has 1 atom stereocenters. The van der Waals surface area contributed by atoms with Crippen molar-refractivity contribution in [2.45, 2.75) is 31.6 Å². The summed E-state index contributed by atoms with van der Waals surface area (Å²) in [6, 6.07) is 6.45. The molecule has 0 saturated carbocycles. The zero-order chi connectivity index (χ0) is 10.7. The Labute approximate surface area is 91.4 Å². The molecule has 0 heterocycles. The summed E-state index contributed by atoms with van der Waals surface area (Å²) in [7, 11) is 1.72. The topological polar surface area (TPSA) is 35.2 Å². The van der Waals surface area contributed by atoms with Crippen molar-refractivity contribution in [3.05, 3.63) is 29.3 Å². The number of nitrogens with two attached hydrogens (primary N) is 1. The van der Waals surface area contributed by atoms with Gasteiger partial charge in [0.2, 0.25) is 0 Å². The summed E-state index contributed by atoms with van der Waals surface area (Å²) in [6.07, 6.45) is 4.88. The summed E-state index contributed by atoms with van der Waals surface area (Å²) in [4.78, 5) is 0. The largest absolute Gasteiger partial charge is 0.497 e. The number of ether oxygens (including phenoxy) is 1. The van der Waals surface area contributed by atoms with Gasteiger partial charge in [-0.1, -0.05) is 6.07 Å². The fraction of sp³-hybridized carbons (Fsp3) is 0.538. The van der Waals surface area contributed by atoms with Gasteiger partial charge in [0.25, 0.3) is 0 Å². The van der Waals surface area contributed by atoms with Crippen LogP contribution in [0.25, 0.3) is 0 Å². The van der Waals surface area contributed by atoms with Gasteiger partial charge in [0, 0.05) is 0 Å². The van der Waals surface area contributed by atoms with Crippen LogP contribution in [0.4, 0.5) is 0 Å². The van der Waals surface area contributed by atoms with Crippen LogP contribution in [0.15, 0.2) is 18.2 Å². The molecule has 15 heavy (non-hydrogen) atoms. The smallest absolute Gasteiger partial charge is 0.119 e. The molecule has 2 heteroatoms. The van der Waals surface area contributed by atoms with E-state index in [0.717, 1.165) is 18.7 Å². The third-order valence-electron chi connectivity index (χ3n) is 3.31. The molecule has 0 saturated heterocycles. The first kappa shape index (κ1) is 10.5. The highest BCUT2D eigenvalue weighted by Crippen LogP contribution is 2.35. The van der Waals surface area contributed by atoms with Gasteiger partial charge in [-0.3, -0.25) is 0 Å². The molecule has 2 rings (SSSR count). The molecule has 82 valence electrons. The predicted molar refractivity (Wildman–Crippen MR) is 62.3 cm³/mol. The second kappa shape index (κ2) is 4.67. The first-order chi connectivity index (χ1) is 7.35. The molecule has 0 amide bonds. The normalized spacial score (nSPS) is 19.7. The Balaban J connectivity index is 2.30. The van der Waals surface area contributed by atoms with Crippen molar-refractivity contribution >= 4 is 0 Å². The third-order valence-corrected chi connectivity index (χ3v) is 3.31. The van der Waals surface area contributed by atoms with E-state index in [1.807, 2.05) is 0 Å². The van der Waals surface area contributed by atoms with Gasteiger partial charge in [-0.25, -0.2) is 0 Å². The molecule has 0 bridgehead atoms. The van der Waals surface area contributed by atoms with E-state index in [4.69, 9.17) is 10.5 Å². The summed E-state index contributed by atoms with van der Waals surface area (Å²) in [6.45, 7) is 0.779. The van der Waals surface area contributed by atoms with Gasteiger partial charge in [-0.05, 0) is 61.4 Å². The van der Waals surface area contributed by atoms with E-state index in [-0.39, 0.29) is 0 Å². The molecule has 1 aromatic carbocycles. The van der Waals surface area contributed by atoms with Gasteiger partial charge in [-0.15, -0.1) is 0 Å². The average Bonchev–Trinajstić information content (AvgIpc) is 2.29. The molecule has 0 aromatic heterocycles. The monoisotopic (exact) mass is 205 g/mol. The van der Waals surface area contributed by atoms with Gasteiger partial charge in [-0.2, -0.15) is 0 Å². The van der Waals surface area contributed by atoms with Gasteiger partial charge in [0.05, 0.1) is 7.11 Å². The highest BCUT2D eigenvalue weighted by Gasteiger charge is 2.19. The number of aryl methyl sites for hydroxylation is 1. The van der Waals surface area contributed by atoms with E-state index in [1.165, 1.54) is 30.4 Å². The van der Waals surface area contributed by atoms with Crippen molar-refractivity contribution in [1.82, 2.24) is 0 Å². The zero-order valence-corrected chi connectivity index (χ0v) is 9.33. The second-order valence-corrected chi connectivity index (χ2v) is 4.23. The van der Waals surface area contributed by atoms with Gasteiger partial charge >= 0.3 is 0 Å². The van der Waals surface area contributed by atoms with E-state index < -0.39 is 0 Å². The molecule has 2 N–H and O–H groups in total. The zero-order valence-electron chi connectivity index (χ0n) is 9.33. The van der Waals surface area contributed by atoms with Crippen molar-refractivity contribution in [3.8, 4) is 5.75 Å². The Hall–Kier alpha value is -1.02. The lowest BCUT2D eigenvalue weighted by molar-refractivity contribution is 0.412. The molecule has 0 fully saturated rings. The maximum Gasteiger partial charge on any atom is 0.119 e. The lowest BCUT2D eigenvalue weighted by atomic mass is 9.81. The van der Waals surface area contributed by atoms with Gasteiger partial charge < -0.3 is 10.5 Å². The maximum absolute atomic E-state index is 5.66. The van der Waals surface area contributed by atoms with Crippen LogP contribution in [0.5, 0.6) is 5.75 Å². The van der Waals surface area contributed by atoms with E-state index in [0.29, 0.717) is 5.92 Å². The molecule has 0 aliphatic heterocycles. The standard InChI is InChI=1S/C13H19NO/c1-15-12-6-5-10-3-2-4-11(7-8-14)13(10)9-12/h5-6,9,11H,2-4,7-8,14H2,1H3/t11-/m0/s1. The van der Waals surface area contributed by atoms with Crippen LogP contribution in [-0.2, 0) is 6.42 Å². The molecule has 1 aliphatic carbocycles. The van der Waals surface area contributed by atoms with E-state index in [1.54, 1.807) is 7.11 Å². The number of hydrogen-bond donors (Lipinski definition) is 1. The van der Waals surface area contributed by atoms with Gasteiger partial charge in [0.1, 0.15) is 5.75 Å². The Kier molecular flexibility index (Phi) is 3.27. The summed E-state index contributed by atoms with van der Waals surface area (Å²) in [5.41, 5.74) is 8.61. The number of benzene rings is 1.